The maximum absolute atomic E-state index is 12.2. The van der Waals surface area contributed by atoms with E-state index in [-0.39, 0.29) is 11.8 Å². The van der Waals surface area contributed by atoms with Gasteiger partial charge in [-0.3, -0.25) is 9.48 Å². The van der Waals surface area contributed by atoms with Gasteiger partial charge in [0, 0.05) is 31.7 Å². The average molecular weight is 329 g/mol. The molecule has 2 heterocycles. The Labute approximate surface area is 122 Å². The minimum atomic E-state index is 0.0559. The molecule has 1 unspecified atom stereocenters. The maximum Gasteiger partial charge on any atom is 0.226 e. The van der Waals surface area contributed by atoms with Gasteiger partial charge in [0.05, 0.1) is 16.7 Å². The molecule has 106 valence electrons. The van der Waals surface area contributed by atoms with Crippen molar-refractivity contribution in [3.8, 4) is 0 Å². The number of hydrogen-bond acceptors (Lipinski definition) is 3. The van der Waals surface area contributed by atoms with Gasteiger partial charge in [-0.1, -0.05) is 6.92 Å². The van der Waals surface area contributed by atoms with Crippen LogP contribution in [-0.2, 0) is 4.79 Å². The van der Waals surface area contributed by atoms with Crippen molar-refractivity contribution in [2.75, 3.05) is 26.7 Å². The Bertz CT molecular complexity index is 426. The molecule has 1 aromatic rings. The summed E-state index contributed by atoms with van der Waals surface area (Å²) in [5, 5.41) is 7.39. The van der Waals surface area contributed by atoms with Gasteiger partial charge in [-0.05, 0) is 35.8 Å². The molecule has 1 saturated heterocycles. The molecule has 1 fully saturated rings. The normalized spacial score (nSPS) is 18.6. The smallest absolute Gasteiger partial charge is 0.226 e. The summed E-state index contributed by atoms with van der Waals surface area (Å²) in [5.41, 5.74) is 0. The van der Waals surface area contributed by atoms with Crippen molar-refractivity contribution < 1.29 is 4.79 Å². The third-order valence-corrected chi connectivity index (χ3v) is 4.06. The molecule has 0 aromatic carbocycles. The zero-order chi connectivity index (χ0) is 13.8. The molecule has 1 aromatic heterocycles. The second kappa shape index (κ2) is 6.52. The molecule has 19 heavy (non-hydrogen) atoms. The van der Waals surface area contributed by atoms with Crippen LogP contribution in [0, 0.1) is 5.92 Å². The molecule has 0 aliphatic carbocycles. The average Bonchev–Trinajstić information content (AvgIpc) is 2.85. The molecule has 1 aliphatic heterocycles. The van der Waals surface area contributed by atoms with E-state index in [4.69, 9.17) is 0 Å². The van der Waals surface area contributed by atoms with E-state index in [1.165, 1.54) is 0 Å². The predicted molar refractivity (Wildman–Crippen MR) is 77.9 cm³/mol. The van der Waals surface area contributed by atoms with Gasteiger partial charge >= 0.3 is 0 Å². The lowest BCUT2D eigenvalue weighted by Gasteiger charge is -2.33. The fourth-order valence-corrected chi connectivity index (χ4v) is 2.87. The number of hydrogen-bond donors (Lipinski definition) is 1. The number of likely N-dealkylation sites (tertiary alicyclic amines) is 1. The third-order valence-electron chi connectivity index (χ3n) is 3.65. The first-order chi connectivity index (χ1) is 9.11. The number of nitrogens with one attached hydrogen (secondary N) is 1. The maximum atomic E-state index is 12.2. The molecule has 0 bridgehead atoms. The van der Waals surface area contributed by atoms with Gasteiger partial charge in [-0.25, -0.2) is 0 Å². The molecule has 1 atom stereocenters. The molecular weight excluding hydrogens is 308 g/mol. The zero-order valence-electron chi connectivity index (χ0n) is 11.5. The largest absolute Gasteiger partial charge is 0.342 e. The highest BCUT2D eigenvalue weighted by molar-refractivity contribution is 9.10. The fourth-order valence-electron chi connectivity index (χ4n) is 2.57. The van der Waals surface area contributed by atoms with Crippen LogP contribution in [0.2, 0.25) is 0 Å². The Hall–Kier alpha value is -0.880. The van der Waals surface area contributed by atoms with Crippen molar-refractivity contribution in [1.82, 2.24) is 20.0 Å². The Balaban J connectivity index is 1.87. The molecule has 1 N–H and O–H groups in total. The summed E-state index contributed by atoms with van der Waals surface area (Å²) >= 11 is 3.42. The summed E-state index contributed by atoms with van der Waals surface area (Å²) < 4.78 is 3.01. The molecule has 5 nitrogen and oxygen atoms in total. The quantitative estimate of drug-likeness (QED) is 0.914. The van der Waals surface area contributed by atoms with Gasteiger partial charge in [0.2, 0.25) is 5.91 Å². The lowest BCUT2D eigenvalue weighted by Crippen LogP contribution is -2.43. The number of carbonyl (C=O) groups excluding carboxylic acids is 1. The van der Waals surface area contributed by atoms with Crippen LogP contribution in [0.1, 0.15) is 25.8 Å². The van der Waals surface area contributed by atoms with Crippen LogP contribution in [0.5, 0.6) is 0 Å². The number of nitrogens with zero attached hydrogens (tertiary/aromatic N) is 3. The molecule has 1 aliphatic rings. The monoisotopic (exact) mass is 328 g/mol. The van der Waals surface area contributed by atoms with E-state index in [1.54, 1.807) is 0 Å². The summed E-state index contributed by atoms with van der Waals surface area (Å²) in [6, 6.07) is 0.412. The van der Waals surface area contributed by atoms with E-state index in [0.29, 0.717) is 6.04 Å². The minimum Gasteiger partial charge on any atom is -0.342 e. The second-order valence-electron chi connectivity index (χ2n) is 5.15. The van der Waals surface area contributed by atoms with Gasteiger partial charge in [0.1, 0.15) is 0 Å². The van der Waals surface area contributed by atoms with Gasteiger partial charge in [0.25, 0.3) is 0 Å². The topological polar surface area (TPSA) is 50.2 Å². The van der Waals surface area contributed by atoms with Gasteiger partial charge < -0.3 is 10.2 Å². The van der Waals surface area contributed by atoms with Crippen molar-refractivity contribution >= 4 is 21.8 Å². The lowest BCUT2D eigenvalue weighted by atomic mass is 10.0. The number of aromatic nitrogens is 2. The molecule has 0 saturated carbocycles. The molecule has 1 amide bonds. The first-order valence-electron chi connectivity index (χ1n) is 6.75. The van der Waals surface area contributed by atoms with E-state index < -0.39 is 0 Å². The summed E-state index contributed by atoms with van der Waals surface area (Å²) in [6.45, 7) is 4.38. The molecule has 0 radical (unpaired) electrons. The van der Waals surface area contributed by atoms with E-state index in [2.05, 4.69) is 26.3 Å². The van der Waals surface area contributed by atoms with Crippen molar-refractivity contribution in [2.24, 2.45) is 5.92 Å². The molecule has 0 spiro atoms. The predicted octanol–water partition coefficient (Wildman–Crippen LogP) is 1.66. The van der Waals surface area contributed by atoms with Crippen molar-refractivity contribution in [3.05, 3.63) is 16.9 Å². The number of rotatable bonds is 4. The van der Waals surface area contributed by atoms with E-state index in [9.17, 15) is 4.79 Å². The number of carbonyl (C=O) groups is 1. The van der Waals surface area contributed by atoms with Gasteiger partial charge in [0.15, 0.2) is 0 Å². The summed E-state index contributed by atoms with van der Waals surface area (Å²) in [7, 11) is 1.88. The highest BCUT2D eigenvalue weighted by atomic mass is 79.9. The summed E-state index contributed by atoms with van der Waals surface area (Å²) in [5.74, 6) is 0.315. The summed E-state index contributed by atoms with van der Waals surface area (Å²) in [6.07, 6.45) is 5.77. The highest BCUT2D eigenvalue weighted by Gasteiger charge is 2.26. The van der Waals surface area contributed by atoms with Crippen LogP contribution in [0.15, 0.2) is 16.9 Å². The zero-order valence-corrected chi connectivity index (χ0v) is 13.1. The molecular formula is C13H21BrN4O. The van der Waals surface area contributed by atoms with Crippen LogP contribution in [0.4, 0.5) is 0 Å². The van der Waals surface area contributed by atoms with E-state index in [1.807, 2.05) is 35.9 Å². The van der Waals surface area contributed by atoms with E-state index in [0.717, 1.165) is 36.9 Å². The van der Waals surface area contributed by atoms with Crippen molar-refractivity contribution in [3.63, 3.8) is 0 Å². The molecule has 6 heteroatoms. The minimum absolute atomic E-state index is 0.0559. The van der Waals surface area contributed by atoms with Crippen molar-refractivity contribution in [1.29, 1.82) is 0 Å². The Morgan fingerprint density at radius 1 is 1.58 bits per heavy atom. The Kier molecular flexibility index (Phi) is 4.99. The van der Waals surface area contributed by atoms with Crippen LogP contribution in [-0.4, -0.2) is 47.3 Å². The first kappa shape index (κ1) is 14.5. The van der Waals surface area contributed by atoms with Crippen LogP contribution >= 0.6 is 15.9 Å². The van der Waals surface area contributed by atoms with Crippen LogP contribution < -0.4 is 5.32 Å². The summed E-state index contributed by atoms with van der Waals surface area (Å²) in [4.78, 5) is 14.2. The third kappa shape index (κ3) is 3.57. The van der Waals surface area contributed by atoms with Crippen LogP contribution in [0.25, 0.3) is 0 Å². The number of halogens is 1. The van der Waals surface area contributed by atoms with Gasteiger partial charge in [-0.15, -0.1) is 0 Å². The van der Waals surface area contributed by atoms with Crippen LogP contribution in [0.3, 0.4) is 0 Å². The fraction of sp³-hybridized carbons (Fsp3) is 0.692. The standard InChI is InChI=1S/C13H21BrN4O/c1-10(7-15-2)13(19)17-5-3-12(4-6-17)18-9-11(14)8-16-18/h8-10,12,15H,3-7H2,1-2H3. The highest BCUT2D eigenvalue weighted by Crippen LogP contribution is 2.24. The number of amides is 1. The van der Waals surface area contributed by atoms with E-state index >= 15 is 0 Å². The lowest BCUT2D eigenvalue weighted by molar-refractivity contribution is -0.136. The number of piperidine rings is 1. The molecule has 2 rings (SSSR count). The Morgan fingerprint density at radius 3 is 2.79 bits per heavy atom. The van der Waals surface area contributed by atoms with Gasteiger partial charge in [-0.2, -0.15) is 5.10 Å². The second-order valence-corrected chi connectivity index (χ2v) is 6.07. The first-order valence-corrected chi connectivity index (χ1v) is 7.54. The Morgan fingerprint density at radius 2 is 2.26 bits per heavy atom. The SMILES string of the molecule is CNCC(C)C(=O)N1CCC(n2cc(Br)cn2)CC1. The van der Waals surface area contributed by atoms with Crippen molar-refractivity contribution in [2.45, 2.75) is 25.8 Å².